The standard InChI is InChI=1S/C15H11IN2O2/c1-10-2-4-12(5-3-10)18-15(19)11(9-17)8-13-6-7-14(16)20-13/h2-8H,1H3,(H,18,19)/b11-8+. The van der Waals surface area contributed by atoms with Gasteiger partial charge in [0, 0.05) is 11.8 Å². The summed E-state index contributed by atoms with van der Waals surface area (Å²) in [6.45, 7) is 1.96. The molecule has 2 aromatic rings. The number of nitriles is 1. The van der Waals surface area contributed by atoms with Crippen LogP contribution in [0.3, 0.4) is 0 Å². The molecule has 20 heavy (non-hydrogen) atoms. The van der Waals surface area contributed by atoms with Gasteiger partial charge in [-0.25, -0.2) is 0 Å². The van der Waals surface area contributed by atoms with Crippen molar-refractivity contribution in [1.82, 2.24) is 0 Å². The lowest BCUT2D eigenvalue weighted by atomic mass is 10.2. The van der Waals surface area contributed by atoms with Crippen LogP contribution in [0.1, 0.15) is 11.3 Å². The molecular formula is C15H11IN2O2. The van der Waals surface area contributed by atoms with Gasteiger partial charge in [-0.3, -0.25) is 4.79 Å². The summed E-state index contributed by atoms with van der Waals surface area (Å²) in [5.41, 5.74) is 1.75. The molecule has 0 saturated heterocycles. The molecule has 2 rings (SSSR count). The highest BCUT2D eigenvalue weighted by Crippen LogP contribution is 2.15. The molecule has 1 amide bonds. The number of hydrogen-bond donors (Lipinski definition) is 1. The third-order valence-corrected chi connectivity index (χ3v) is 3.13. The topological polar surface area (TPSA) is 66.0 Å². The molecule has 0 atom stereocenters. The first-order valence-electron chi connectivity index (χ1n) is 5.83. The van der Waals surface area contributed by atoms with Gasteiger partial charge >= 0.3 is 0 Å². The molecule has 0 aliphatic heterocycles. The molecule has 100 valence electrons. The first-order valence-corrected chi connectivity index (χ1v) is 6.91. The Morgan fingerprint density at radius 3 is 2.55 bits per heavy atom. The first kappa shape index (κ1) is 14.3. The Bertz CT molecular complexity index is 693. The molecule has 0 aliphatic rings. The Kier molecular flexibility index (Phi) is 4.58. The Hall–Kier alpha value is -2.07. The molecule has 5 heteroatoms. The van der Waals surface area contributed by atoms with E-state index >= 15 is 0 Å². The van der Waals surface area contributed by atoms with Gasteiger partial charge in [0.15, 0.2) is 3.77 Å². The van der Waals surface area contributed by atoms with Crippen molar-refractivity contribution in [2.75, 3.05) is 5.32 Å². The van der Waals surface area contributed by atoms with Crippen molar-refractivity contribution in [1.29, 1.82) is 5.26 Å². The van der Waals surface area contributed by atoms with E-state index in [4.69, 9.17) is 9.68 Å². The van der Waals surface area contributed by atoms with Crippen LogP contribution in [0.5, 0.6) is 0 Å². The van der Waals surface area contributed by atoms with Gasteiger partial charge in [0.25, 0.3) is 5.91 Å². The summed E-state index contributed by atoms with van der Waals surface area (Å²) in [4.78, 5) is 12.0. The number of hydrogen-bond acceptors (Lipinski definition) is 3. The second-order valence-corrected chi connectivity index (χ2v) is 5.20. The monoisotopic (exact) mass is 378 g/mol. The second kappa shape index (κ2) is 6.39. The number of furan rings is 1. The Labute approximate surface area is 130 Å². The highest BCUT2D eigenvalue weighted by atomic mass is 127. The van der Waals surface area contributed by atoms with Gasteiger partial charge in [-0.2, -0.15) is 5.26 Å². The maximum Gasteiger partial charge on any atom is 0.266 e. The number of carbonyl (C=O) groups excluding carboxylic acids is 1. The minimum absolute atomic E-state index is 0.00340. The molecule has 0 aliphatic carbocycles. The van der Waals surface area contributed by atoms with E-state index in [1.54, 1.807) is 24.3 Å². The minimum Gasteiger partial charge on any atom is -0.451 e. The molecule has 1 N–H and O–H groups in total. The zero-order valence-corrected chi connectivity index (χ0v) is 12.8. The predicted molar refractivity (Wildman–Crippen MR) is 84.8 cm³/mol. The van der Waals surface area contributed by atoms with E-state index in [2.05, 4.69) is 5.32 Å². The van der Waals surface area contributed by atoms with E-state index in [-0.39, 0.29) is 5.57 Å². The van der Waals surface area contributed by atoms with Crippen molar-refractivity contribution in [2.24, 2.45) is 0 Å². The normalized spacial score (nSPS) is 10.9. The number of anilines is 1. The number of nitrogens with zero attached hydrogens (tertiary/aromatic N) is 1. The van der Waals surface area contributed by atoms with Crippen LogP contribution in [0.2, 0.25) is 0 Å². The summed E-state index contributed by atoms with van der Waals surface area (Å²) in [6.07, 6.45) is 1.42. The number of carbonyl (C=O) groups is 1. The lowest BCUT2D eigenvalue weighted by Gasteiger charge is -2.04. The number of amides is 1. The third kappa shape index (κ3) is 3.71. The second-order valence-electron chi connectivity index (χ2n) is 4.13. The highest BCUT2D eigenvalue weighted by Gasteiger charge is 2.10. The molecule has 1 aromatic carbocycles. The first-order chi connectivity index (χ1) is 9.58. The Morgan fingerprint density at radius 1 is 1.30 bits per heavy atom. The fraction of sp³-hybridized carbons (Fsp3) is 0.0667. The van der Waals surface area contributed by atoms with Crippen LogP contribution in [-0.2, 0) is 4.79 Å². The van der Waals surface area contributed by atoms with E-state index in [1.807, 2.05) is 47.7 Å². The average molecular weight is 378 g/mol. The summed E-state index contributed by atoms with van der Waals surface area (Å²) in [5.74, 6) is 0.0211. The largest absolute Gasteiger partial charge is 0.451 e. The van der Waals surface area contributed by atoms with Crippen LogP contribution in [0.25, 0.3) is 6.08 Å². The van der Waals surface area contributed by atoms with Gasteiger partial charge in [0.2, 0.25) is 0 Å². The van der Waals surface area contributed by atoms with E-state index in [9.17, 15) is 4.79 Å². The summed E-state index contributed by atoms with van der Waals surface area (Å²) < 4.78 is 6.01. The van der Waals surface area contributed by atoms with Gasteiger partial charge in [-0.05, 0) is 53.8 Å². The average Bonchev–Trinajstić information content (AvgIpc) is 2.84. The van der Waals surface area contributed by atoms with Crippen molar-refractivity contribution >= 4 is 40.3 Å². The van der Waals surface area contributed by atoms with Crippen molar-refractivity contribution in [2.45, 2.75) is 6.92 Å². The molecular weight excluding hydrogens is 367 g/mol. The van der Waals surface area contributed by atoms with Crippen molar-refractivity contribution in [3.05, 3.63) is 57.1 Å². The fourth-order valence-corrected chi connectivity index (χ4v) is 1.97. The van der Waals surface area contributed by atoms with Gasteiger partial charge in [-0.15, -0.1) is 0 Å². The van der Waals surface area contributed by atoms with Gasteiger partial charge in [0.1, 0.15) is 17.4 Å². The summed E-state index contributed by atoms with van der Waals surface area (Å²) in [6, 6.07) is 12.7. The minimum atomic E-state index is -0.456. The van der Waals surface area contributed by atoms with E-state index in [1.165, 1.54) is 6.08 Å². The molecule has 0 spiro atoms. The van der Waals surface area contributed by atoms with Crippen molar-refractivity contribution in [3.8, 4) is 6.07 Å². The van der Waals surface area contributed by atoms with Crippen LogP contribution in [0, 0.1) is 22.0 Å². The lowest BCUT2D eigenvalue weighted by molar-refractivity contribution is -0.112. The number of benzene rings is 1. The maximum absolute atomic E-state index is 12.0. The van der Waals surface area contributed by atoms with Crippen LogP contribution in [0.4, 0.5) is 5.69 Å². The molecule has 0 fully saturated rings. The SMILES string of the molecule is Cc1ccc(NC(=O)/C(C#N)=C/c2ccc(I)o2)cc1. The molecule has 1 aromatic heterocycles. The van der Waals surface area contributed by atoms with E-state index in [0.717, 1.165) is 5.56 Å². The van der Waals surface area contributed by atoms with Gasteiger partial charge in [0.05, 0.1) is 0 Å². The molecule has 0 saturated carbocycles. The smallest absolute Gasteiger partial charge is 0.266 e. The van der Waals surface area contributed by atoms with Crippen LogP contribution < -0.4 is 5.32 Å². The fourth-order valence-electron chi connectivity index (χ4n) is 1.53. The van der Waals surface area contributed by atoms with Gasteiger partial charge < -0.3 is 9.73 Å². The predicted octanol–water partition coefficient (Wildman–Crippen LogP) is 3.74. The molecule has 4 nitrogen and oxygen atoms in total. The zero-order valence-electron chi connectivity index (χ0n) is 10.7. The van der Waals surface area contributed by atoms with Crippen molar-refractivity contribution in [3.63, 3.8) is 0 Å². The number of rotatable bonds is 3. The van der Waals surface area contributed by atoms with Crippen LogP contribution in [-0.4, -0.2) is 5.91 Å². The Balaban J connectivity index is 2.16. The van der Waals surface area contributed by atoms with Crippen molar-refractivity contribution < 1.29 is 9.21 Å². The molecule has 1 heterocycles. The lowest BCUT2D eigenvalue weighted by Crippen LogP contribution is -2.13. The van der Waals surface area contributed by atoms with E-state index < -0.39 is 5.91 Å². The van der Waals surface area contributed by atoms with Crippen LogP contribution in [0.15, 0.2) is 46.4 Å². The summed E-state index contributed by atoms with van der Waals surface area (Å²) >= 11 is 2.02. The quantitative estimate of drug-likeness (QED) is 0.503. The Morgan fingerprint density at radius 2 is 2.00 bits per heavy atom. The summed E-state index contributed by atoms with van der Waals surface area (Å²) in [5, 5.41) is 11.7. The highest BCUT2D eigenvalue weighted by molar-refractivity contribution is 14.1. The van der Waals surface area contributed by atoms with Crippen LogP contribution >= 0.6 is 22.6 Å². The maximum atomic E-state index is 12.0. The van der Waals surface area contributed by atoms with E-state index in [0.29, 0.717) is 15.2 Å². The number of nitrogens with one attached hydrogen (secondary N) is 1. The number of halogens is 1. The molecule has 0 radical (unpaired) electrons. The third-order valence-electron chi connectivity index (χ3n) is 2.56. The molecule has 0 unspecified atom stereocenters. The zero-order chi connectivity index (χ0) is 14.5. The summed E-state index contributed by atoms with van der Waals surface area (Å²) in [7, 11) is 0. The number of aryl methyl sites for hydroxylation is 1. The molecule has 0 bridgehead atoms. The van der Waals surface area contributed by atoms with Gasteiger partial charge in [-0.1, -0.05) is 17.7 Å².